The van der Waals surface area contributed by atoms with Gasteiger partial charge in [-0.2, -0.15) is 0 Å². The summed E-state index contributed by atoms with van der Waals surface area (Å²) in [5.74, 6) is -1.19. The molecule has 160 valence electrons. The molecule has 2 rings (SSSR count). The summed E-state index contributed by atoms with van der Waals surface area (Å²) < 4.78 is 28.3. The number of methoxy groups -OCH3 is 1. The van der Waals surface area contributed by atoms with Crippen LogP contribution >= 0.6 is 11.6 Å². The molecule has 0 bridgehead atoms. The van der Waals surface area contributed by atoms with Crippen LogP contribution in [-0.2, 0) is 16.4 Å². The van der Waals surface area contributed by atoms with Crippen molar-refractivity contribution in [3.05, 3.63) is 63.7 Å². The lowest BCUT2D eigenvalue weighted by molar-refractivity contribution is 0.104. The number of carbonyl (C=O) groups excluding carboxylic acids is 1. The smallest absolute Gasteiger partial charge is 0.239 e. The average Bonchev–Trinajstić information content (AvgIpc) is 2.65. The molecular formula is C21H22ClNO6S. The molecule has 0 aliphatic carbocycles. The van der Waals surface area contributed by atoms with E-state index in [2.05, 4.69) is 0 Å². The second kappa shape index (κ2) is 9.34. The summed E-state index contributed by atoms with van der Waals surface area (Å²) >= 11 is 5.86. The molecule has 0 heterocycles. The molecule has 9 heteroatoms. The van der Waals surface area contributed by atoms with Crippen molar-refractivity contribution in [1.29, 1.82) is 0 Å². The SMILES string of the molecule is COc1cc(O)c(CC=C(C)C)c(O)c1C(=O)/C=C/c1ccc(Cl)c(S(N)(=O)=O)c1. The highest BCUT2D eigenvalue weighted by atomic mass is 35.5. The number of carbonyl (C=O) groups is 1. The first-order valence-corrected chi connectivity index (χ1v) is 10.7. The minimum absolute atomic E-state index is 0.00179. The van der Waals surface area contributed by atoms with Gasteiger partial charge in [-0.05, 0) is 44.0 Å². The molecule has 0 fully saturated rings. The number of ether oxygens (including phenoxy) is 1. The third-order valence-corrected chi connectivity index (χ3v) is 5.61. The van der Waals surface area contributed by atoms with Crippen molar-refractivity contribution in [2.45, 2.75) is 25.2 Å². The Hall–Kier alpha value is -2.81. The van der Waals surface area contributed by atoms with Gasteiger partial charge in [0.05, 0.1) is 12.1 Å². The third-order valence-electron chi connectivity index (χ3n) is 4.22. The first-order chi connectivity index (χ1) is 14.0. The number of nitrogens with two attached hydrogens (primary N) is 1. The maximum absolute atomic E-state index is 12.8. The van der Waals surface area contributed by atoms with Gasteiger partial charge < -0.3 is 14.9 Å². The second-order valence-corrected chi connectivity index (χ2v) is 8.66. The van der Waals surface area contributed by atoms with Gasteiger partial charge in [0, 0.05) is 11.6 Å². The van der Waals surface area contributed by atoms with Gasteiger partial charge in [0.15, 0.2) is 5.78 Å². The Labute approximate surface area is 180 Å². The molecule has 0 radical (unpaired) electrons. The van der Waals surface area contributed by atoms with Crippen LogP contribution in [0.25, 0.3) is 6.08 Å². The summed E-state index contributed by atoms with van der Waals surface area (Å²) in [6.07, 6.45) is 4.53. The Morgan fingerprint density at radius 2 is 1.90 bits per heavy atom. The normalized spacial score (nSPS) is 11.5. The van der Waals surface area contributed by atoms with Crippen LogP contribution in [0.5, 0.6) is 17.2 Å². The molecule has 2 aromatic carbocycles. The number of benzene rings is 2. The molecule has 2 aromatic rings. The number of hydrogen-bond donors (Lipinski definition) is 3. The van der Waals surface area contributed by atoms with Crippen LogP contribution in [0.1, 0.15) is 35.3 Å². The predicted octanol–water partition coefficient (Wildman–Crippen LogP) is 3.81. The summed E-state index contributed by atoms with van der Waals surface area (Å²) in [6, 6.07) is 5.35. The number of hydrogen-bond acceptors (Lipinski definition) is 6. The van der Waals surface area contributed by atoms with E-state index in [9.17, 15) is 23.4 Å². The van der Waals surface area contributed by atoms with Gasteiger partial charge in [-0.25, -0.2) is 13.6 Å². The fraction of sp³-hybridized carbons (Fsp3) is 0.190. The summed E-state index contributed by atoms with van der Waals surface area (Å²) in [5.41, 5.74) is 1.41. The number of sulfonamides is 1. The van der Waals surface area contributed by atoms with Gasteiger partial charge in [-0.3, -0.25) is 4.79 Å². The maximum Gasteiger partial charge on any atom is 0.239 e. The molecule has 4 N–H and O–H groups in total. The van der Waals surface area contributed by atoms with Crippen LogP contribution in [0.15, 0.2) is 46.9 Å². The standard InChI is InChI=1S/C21H22ClNO6S/c1-12(2)4-7-14-17(25)11-18(29-3)20(21(14)26)16(24)9-6-13-5-8-15(22)19(10-13)30(23,27)28/h4-6,8-11,25-26H,7H2,1-3H3,(H2,23,27,28)/b9-6+. The molecule has 0 unspecified atom stereocenters. The highest BCUT2D eigenvalue weighted by molar-refractivity contribution is 7.89. The number of phenols is 2. The van der Waals surface area contributed by atoms with E-state index in [-0.39, 0.29) is 44.7 Å². The molecule has 0 aromatic heterocycles. The highest BCUT2D eigenvalue weighted by Gasteiger charge is 2.22. The maximum atomic E-state index is 12.8. The number of phenolic OH excluding ortho intramolecular Hbond substituents is 2. The zero-order valence-electron chi connectivity index (χ0n) is 16.6. The zero-order valence-corrected chi connectivity index (χ0v) is 18.2. The predicted molar refractivity (Wildman–Crippen MR) is 116 cm³/mol. The minimum Gasteiger partial charge on any atom is -0.507 e. The first-order valence-electron chi connectivity index (χ1n) is 8.75. The molecule has 0 amide bonds. The Balaban J connectivity index is 2.48. The van der Waals surface area contributed by atoms with Crippen LogP contribution in [-0.4, -0.2) is 31.5 Å². The third kappa shape index (κ3) is 5.41. The minimum atomic E-state index is -4.03. The van der Waals surface area contributed by atoms with Gasteiger partial charge in [0.1, 0.15) is 27.7 Å². The van der Waals surface area contributed by atoms with Gasteiger partial charge in [-0.1, -0.05) is 35.4 Å². The molecule has 0 aliphatic rings. The van der Waals surface area contributed by atoms with Gasteiger partial charge >= 0.3 is 0 Å². The summed E-state index contributed by atoms with van der Waals surface area (Å²) in [7, 11) is -2.72. The molecule has 0 saturated heterocycles. The monoisotopic (exact) mass is 451 g/mol. The van der Waals surface area contributed by atoms with Gasteiger partial charge in [0.2, 0.25) is 10.0 Å². The molecular weight excluding hydrogens is 430 g/mol. The van der Waals surface area contributed by atoms with E-state index in [1.807, 2.05) is 13.8 Å². The fourth-order valence-electron chi connectivity index (χ4n) is 2.68. The molecule has 7 nitrogen and oxygen atoms in total. The number of allylic oxidation sites excluding steroid dienone is 3. The first kappa shape index (κ1) is 23.5. The number of halogens is 1. The quantitative estimate of drug-likeness (QED) is 0.333. The van der Waals surface area contributed by atoms with Crippen LogP contribution in [0.4, 0.5) is 0 Å². The Bertz CT molecular complexity index is 1150. The van der Waals surface area contributed by atoms with Crippen molar-refractivity contribution < 1.29 is 28.2 Å². The van der Waals surface area contributed by atoms with Crippen molar-refractivity contribution in [1.82, 2.24) is 0 Å². The Morgan fingerprint density at radius 1 is 1.23 bits per heavy atom. The van der Waals surface area contributed by atoms with E-state index in [1.165, 1.54) is 37.5 Å². The zero-order chi connectivity index (χ0) is 22.6. The molecule has 0 spiro atoms. The molecule has 0 saturated carbocycles. The Morgan fingerprint density at radius 3 is 2.47 bits per heavy atom. The lowest BCUT2D eigenvalue weighted by Crippen LogP contribution is -2.12. The van der Waals surface area contributed by atoms with Crippen LogP contribution in [0, 0.1) is 0 Å². The highest BCUT2D eigenvalue weighted by Crippen LogP contribution is 2.39. The lowest BCUT2D eigenvalue weighted by Gasteiger charge is -2.13. The van der Waals surface area contributed by atoms with E-state index in [1.54, 1.807) is 6.08 Å². The number of rotatable bonds is 7. The van der Waals surface area contributed by atoms with Gasteiger partial charge in [0.25, 0.3) is 0 Å². The second-order valence-electron chi connectivity index (χ2n) is 6.72. The summed E-state index contributed by atoms with van der Waals surface area (Å²) in [6.45, 7) is 3.74. The van der Waals surface area contributed by atoms with E-state index in [0.29, 0.717) is 5.56 Å². The van der Waals surface area contributed by atoms with E-state index in [0.717, 1.165) is 11.6 Å². The van der Waals surface area contributed by atoms with Crippen molar-refractivity contribution in [3.8, 4) is 17.2 Å². The van der Waals surface area contributed by atoms with E-state index < -0.39 is 15.8 Å². The fourth-order valence-corrected chi connectivity index (χ4v) is 3.76. The average molecular weight is 452 g/mol. The largest absolute Gasteiger partial charge is 0.507 e. The van der Waals surface area contributed by atoms with Gasteiger partial charge in [-0.15, -0.1) is 0 Å². The number of aromatic hydroxyl groups is 2. The van der Waals surface area contributed by atoms with Crippen LogP contribution < -0.4 is 9.88 Å². The van der Waals surface area contributed by atoms with Crippen molar-refractivity contribution in [2.24, 2.45) is 5.14 Å². The molecule has 0 aliphatic heterocycles. The van der Waals surface area contributed by atoms with Crippen molar-refractivity contribution in [2.75, 3.05) is 7.11 Å². The number of ketones is 1. The van der Waals surface area contributed by atoms with E-state index >= 15 is 0 Å². The lowest BCUT2D eigenvalue weighted by atomic mass is 9.99. The topological polar surface area (TPSA) is 127 Å². The summed E-state index contributed by atoms with van der Waals surface area (Å²) in [5, 5.41) is 25.9. The molecule has 0 atom stereocenters. The van der Waals surface area contributed by atoms with Crippen LogP contribution in [0.3, 0.4) is 0 Å². The number of primary sulfonamides is 1. The van der Waals surface area contributed by atoms with Crippen molar-refractivity contribution in [3.63, 3.8) is 0 Å². The van der Waals surface area contributed by atoms with Crippen molar-refractivity contribution >= 4 is 33.5 Å². The summed E-state index contributed by atoms with van der Waals surface area (Å²) in [4.78, 5) is 12.5. The van der Waals surface area contributed by atoms with Crippen LogP contribution in [0.2, 0.25) is 5.02 Å². The van der Waals surface area contributed by atoms with E-state index in [4.69, 9.17) is 21.5 Å². The Kier molecular flexibility index (Phi) is 7.30. The molecule has 30 heavy (non-hydrogen) atoms.